The lowest BCUT2D eigenvalue weighted by atomic mass is 9.88. The second-order valence-corrected chi connectivity index (χ2v) is 7.51. The lowest BCUT2D eigenvalue weighted by molar-refractivity contribution is 0.332. The number of hydrogen-bond donors (Lipinski definition) is 1. The van der Waals surface area contributed by atoms with Crippen molar-refractivity contribution in [1.82, 2.24) is 13.9 Å². The van der Waals surface area contributed by atoms with Gasteiger partial charge in [0.15, 0.2) is 4.90 Å². The Kier molecular flexibility index (Phi) is 4.38. The molecular weight excluding hydrogens is 294 g/mol. The average molecular weight is 315 g/mol. The summed E-state index contributed by atoms with van der Waals surface area (Å²) in [5.41, 5.74) is -1.35. The van der Waals surface area contributed by atoms with Crippen LogP contribution in [0.25, 0.3) is 0 Å². The Hall–Kier alpha value is -1.41. The van der Waals surface area contributed by atoms with Gasteiger partial charge in [-0.15, -0.1) is 0 Å². The molecule has 0 atom stereocenters. The molecule has 21 heavy (non-hydrogen) atoms. The third-order valence-corrected chi connectivity index (χ3v) is 5.54. The van der Waals surface area contributed by atoms with E-state index in [1.807, 2.05) is 0 Å². The van der Waals surface area contributed by atoms with E-state index in [-0.39, 0.29) is 10.9 Å². The highest BCUT2D eigenvalue weighted by molar-refractivity contribution is 7.89. The van der Waals surface area contributed by atoms with E-state index in [0.717, 1.165) is 41.0 Å². The molecule has 1 heterocycles. The Morgan fingerprint density at radius 1 is 1.14 bits per heavy atom. The molecule has 1 saturated carbocycles. The van der Waals surface area contributed by atoms with Gasteiger partial charge in [0, 0.05) is 26.3 Å². The maximum Gasteiger partial charge on any atom is 0.330 e. The number of aromatic nitrogens is 2. The molecule has 0 saturated heterocycles. The zero-order valence-electron chi connectivity index (χ0n) is 12.5. The molecule has 0 aromatic carbocycles. The maximum absolute atomic E-state index is 12.4. The number of aryl methyl sites for hydroxylation is 1. The molecule has 1 N–H and O–H groups in total. The van der Waals surface area contributed by atoms with Crippen LogP contribution < -0.4 is 16.0 Å². The van der Waals surface area contributed by atoms with Crippen molar-refractivity contribution in [3.63, 3.8) is 0 Å². The molecule has 8 heteroatoms. The maximum atomic E-state index is 12.4. The summed E-state index contributed by atoms with van der Waals surface area (Å²) in [5, 5.41) is 0. The molecule has 1 aromatic rings. The minimum atomic E-state index is -3.91. The highest BCUT2D eigenvalue weighted by Gasteiger charge is 2.27. The summed E-state index contributed by atoms with van der Waals surface area (Å²) in [7, 11) is -1.22. The molecule has 1 aromatic heterocycles. The third-order valence-electron chi connectivity index (χ3n) is 4.04. The predicted octanol–water partition coefficient (Wildman–Crippen LogP) is -0.0590. The minimum Gasteiger partial charge on any atom is -0.302 e. The molecule has 0 aliphatic heterocycles. The van der Waals surface area contributed by atoms with Crippen LogP contribution >= 0.6 is 0 Å². The minimum absolute atomic E-state index is 0.145. The normalized spacial score (nSPS) is 23.2. The molecule has 0 spiro atoms. The zero-order chi connectivity index (χ0) is 15.8. The molecule has 7 nitrogen and oxygen atoms in total. The van der Waals surface area contributed by atoms with Crippen molar-refractivity contribution in [2.45, 2.75) is 43.5 Å². The van der Waals surface area contributed by atoms with E-state index in [2.05, 4.69) is 11.6 Å². The fourth-order valence-electron chi connectivity index (χ4n) is 2.62. The highest BCUT2D eigenvalue weighted by Crippen LogP contribution is 2.24. The smallest absolute Gasteiger partial charge is 0.302 e. The summed E-state index contributed by atoms with van der Waals surface area (Å²) >= 11 is 0. The van der Waals surface area contributed by atoms with Crippen LogP contribution in [0.1, 0.15) is 32.6 Å². The van der Waals surface area contributed by atoms with Crippen LogP contribution in [-0.2, 0) is 24.1 Å². The van der Waals surface area contributed by atoms with Crippen molar-refractivity contribution in [3.8, 4) is 0 Å². The Bertz CT molecular complexity index is 740. The SMILES string of the molecule is CC1CCC(NS(=O)(=O)c2cn(C)c(=O)n(C)c2=O)CC1. The number of sulfonamides is 1. The van der Waals surface area contributed by atoms with Gasteiger partial charge in [0.05, 0.1) is 0 Å². The summed E-state index contributed by atoms with van der Waals surface area (Å²) in [4.78, 5) is 23.2. The number of hydrogen-bond acceptors (Lipinski definition) is 4. The van der Waals surface area contributed by atoms with Crippen LogP contribution in [0.2, 0.25) is 0 Å². The lowest BCUT2D eigenvalue weighted by Crippen LogP contribution is -2.44. The Balaban J connectivity index is 2.33. The fourth-order valence-corrected chi connectivity index (χ4v) is 4.09. The Labute approximate surface area is 123 Å². The first kappa shape index (κ1) is 16.0. The average Bonchev–Trinajstić information content (AvgIpc) is 2.42. The molecule has 2 rings (SSSR count). The predicted molar refractivity (Wildman–Crippen MR) is 78.7 cm³/mol. The summed E-state index contributed by atoms with van der Waals surface area (Å²) in [6.45, 7) is 2.15. The van der Waals surface area contributed by atoms with Gasteiger partial charge >= 0.3 is 5.69 Å². The van der Waals surface area contributed by atoms with Crippen LogP contribution in [0.4, 0.5) is 0 Å². The van der Waals surface area contributed by atoms with Gasteiger partial charge in [-0.05, 0) is 31.6 Å². The van der Waals surface area contributed by atoms with Crippen molar-refractivity contribution in [3.05, 3.63) is 27.0 Å². The first-order valence-corrected chi connectivity index (χ1v) is 8.49. The first-order chi connectivity index (χ1) is 9.72. The van der Waals surface area contributed by atoms with Gasteiger partial charge in [0.2, 0.25) is 10.0 Å². The van der Waals surface area contributed by atoms with Gasteiger partial charge in [-0.1, -0.05) is 6.92 Å². The van der Waals surface area contributed by atoms with Crippen LogP contribution in [-0.4, -0.2) is 23.6 Å². The van der Waals surface area contributed by atoms with Gasteiger partial charge in [-0.2, -0.15) is 0 Å². The molecule has 118 valence electrons. The van der Waals surface area contributed by atoms with E-state index in [1.54, 1.807) is 0 Å². The summed E-state index contributed by atoms with van der Waals surface area (Å²) in [6, 6.07) is -0.145. The number of nitrogens with zero attached hydrogens (tertiary/aromatic N) is 2. The van der Waals surface area contributed by atoms with Crippen molar-refractivity contribution in [1.29, 1.82) is 0 Å². The van der Waals surface area contributed by atoms with Crippen molar-refractivity contribution in [2.75, 3.05) is 0 Å². The van der Waals surface area contributed by atoms with E-state index in [1.165, 1.54) is 14.1 Å². The monoisotopic (exact) mass is 315 g/mol. The van der Waals surface area contributed by atoms with E-state index in [0.29, 0.717) is 5.92 Å². The van der Waals surface area contributed by atoms with Gasteiger partial charge in [-0.3, -0.25) is 9.36 Å². The van der Waals surface area contributed by atoms with Crippen LogP contribution in [0, 0.1) is 5.92 Å². The molecule has 1 aliphatic rings. The van der Waals surface area contributed by atoms with Crippen molar-refractivity contribution in [2.24, 2.45) is 20.0 Å². The summed E-state index contributed by atoms with van der Waals surface area (Å²) < 4.78 is 29.2. The van der Waals surface area contributed by atoms with Crippen molar-refractivity contribution < 1.29 is 8.42 Å². The first-order valence-electron chi connectivity index (χ1n) is 7.01. The van der Waals surface area contributed by atoms with Crippen LogP contribution in [0.5, 0.6) is 0 Å². The molecule has 0 amide bonds. The largest absolute Gasteiger partial charge is 0.330 e. The van der Waals surface area contributed by atoms with Crippen LogP contribution in [0.3, 0.4) is 0 Å². The molecule has 1 aliphatic carbocycles. The molecule has 0 bridgehead atoms. The number of nitrogens with one attached hydrogen (secondary N) is 1. The van der Waals surface area contributed by atoms with Gasteiger partial charge in [0.25, 0.3) is 5.56 Å². The highest BCUT2D eigenvalue weighted by atomic mass is 32.2. The second-order valence-electron chi connectivity index (χ2n) is 5.83. The zero-order valence-corrected chi connectivity index (χ0v) is 13.3. The Morgan fingerprint density at radius 2 is 1.71 bits per heavy atom. The number of rotatable bonds is 3. The van der Waals surface area contributed by atoms with Gasteiger partial charge in [0.1, 0.15) is 0 Å². The van der Waals surface area contributed by atoms with Gasteiger partial charge in [-0.25, -0.2) is 17.9 Å². The van der Waals surface area contributed by atoms with Gasteiger partial charge < -0.3 is 4.57 Å². The quantitative estimate of drug-likeness (QED) is 0.846. The molecular formula is C13H21N3O4S. The topological polar surface area (TPSA) is 90.2 Å². The van der Waals surface area contributed by atoms with E-state index in [9.17, 15) is 18.0 Å². The van der Waals surface area contributed by atoms with E-state index in [4.69, 9.17) is 0 Å². The molecule has 1 fully saturated rings. The Morgan fingerprint density at radius 3 is 2.29 bits per heavy atom. The lowest BCUT2D eigenvalue weighted by Gasteiger charge is -2.26. The second kappa shape index (κ2) is 5.76. The third kappa shape index (κ3) is 3.26. The molecule has 0 unspecified atom stereocenters. The van der Waals surface area contributed by atoms with E-state index < -0.39 is 21.3 Å². The summed E-state index contributed by atoms with van der Waals surface area (Å²) in [6.07, 6.45) is 4.56. The fraction of sp³-hybridized carbons (Fsp3) is 0.692. The van der Waals surface area contributed by atoms with Crippen LogP contribution in [0.15, 0.2) is 20.7 Å². The summed E-state index contributed by atoms with van der Waals surface area (Å²) in [5.74, 6) is 0.608. The van der Waals surface area contributed by atoms with E-state index >= 15 is 0 Å². The standard InChI is InChI=1S/C13H21N3O4S/c1-9-4-6-10(7-5-9)14-21(19,20)11-8-15(2)13(18)16(3)12(11)17/h8-10,14H,4-7H2,1-3H3. The van der Waals surface area contributed by atoms with Crippen molar-refractivity contribution >= 4 is 10.0 Å². The molecule has 0 radical (unpaired) electrons.